The van der Waals surface area contributed by atoms with Gasteiger partial charge in [0.15, 0.2) is 6.10 Å². The first-order chi connectivity index (χ1) is 14.4. The predicted molar refractivity (Wildman–Crippen MR) is 111 cm³/mol. The van der Waals surface area contributed by atoms with Crippen LogP contribution in [0.25, 0.3) is 0 Å². The van der Waals surface area contributed by atoms with Gasteiger partial charge in [0.05, 0.1) is 16.9 Å². The summed E-state index contributed by atoms with van der Waals surface area (Å²) in [6, 6.07) is 9.28. The van der Waals surface area contributed by atoms with Gasteiger partial charge in [-0.3, -0.25) is 24.0 Å². The average molecular weight is 453 g/mol. The molecule has 1 amide bonds. The van der Waals surface area contributed by atoms with Crippen LogP contribution in [0.15, 0.2) is 42.5 Å². The van der Waals surface area contributed by atoms with Crippen LogP contribution in [0.5, 0.6) is 0 Å². The van der Waals surface area contributed by atoms with E-state index < -0.39 is 51.0 Å². The van der Waals surface area contributed by atoms with Crippen LogP contribution in [0.2, 0.25) is 0 Å². The molecule has 0 fully saturated rings. The number of nitro groups is 1. The summed E-state index contributed by atoms with van der Waals surface area (Å²) in [4.78, 5) is 34.4. The van der Waals surface area contributed by atoms with Crippen molar-refractivity contribution in [3.05, 3.63) is 64.0 Å². The van der Waals surface area contributed by atoms with Crippen LogP contribution in [0.1, 0.15) is 12.5 Å². The topological polar surface area (TPSA) is 136 Å². The Bertz CT molecular complexity index is 1120. The van der Waals surface area contributed by atoms with E-state index in [4.69, 9.17) is 4.74 Å². The lowest BCUT2D eigenvalue weighted by atomic mass is 10.2. The van der Waals surface area contributed by atoms with Gasteiger partial charge in [0.1, 0.15) is 6.54 Å². The Morgan fingerprint density at radius 1 is 1.26 bits per heavy atom. The Morgan fingerprint density at radius 3 is 2.48 bits per heavy atom. The highest BCUT2D eigenvalue weighted by atomic mass is 32.2. The van der Waals surface area contributed by atoms with Gasteiger partial charge in [0, 0.05) is 11.8 Å². The first kappa shape index (κ1) is 23.7. The minimum absolute atomic E-state index is 0.0707. The molecule has 2 aromatic carbocycles. The van der Waals surface area contributed by atoms with Crippen molar-refractivity contribution in [2.75, 3.05) is 22.4 Å². The molecule has 1 N–H and O–H groups in total. The molecule has 2 rings (SSSR count). The second-order valence-electron chi connectivity index (χ2n) is 6.60. The second kappa shape index (κ2) is 9.51. The molecule has 31 heavy (non-hydrogen) atoms. The largest absolute Gasteiger partial charge is 0.451 e. The molecule has 0 saturated carbocycles. The molecule has 0 bridgehead atoms. The molecule has 0 radical (unpaired) electrons. The van der Waals surface area contributed by atoms with Crippen molar-refractivity contribution in [1.29, 1.82) is 0 Å². The van der Waals surface area contributed by atoms with Gasteiger partial charge >= 0.3 is 11.7 Å². The minimum Gasteiger partial charge on any atom is -0.451 e. The van der Waals surface area contributed by atoms with Crippen LogP contribution >= 0.6 is 0 Å². The fourth-order valence-electron chi connectivity index (χ4n) is 2.60. The number of aryl methyl sites for hydroxylation is 1. The fraction of sp³-hybridized carbons (Fsp3) is 0.263. The van der Waals surface area contributed by atoms with Gasteiger partial charge < -0.3 is 10.1 Å². The average Bonchev–Trinajstić information content (AvgIpc) is 2.67. The summed E-state index contributed by atoms with van der Waals surface area (Å²) in [5.74, 6) is -2.89. The van der Waals surface area contributed by atoms with E-state index >= 15 is 0 Å². The molecule has 0 aliphatic carbocycles. The Morgan fingerprint density at radius 2 is 1.90 bits per heavy atom. The predicted octanol–water partition coefficient (Wildman–Crippen LogP) is 2.38. The third-order valence-electron chi connectivity index (χ3n) is 4.15. The quantitative estimate of drug-likeness (QED) is 0.368. The van der Waals surface area contributed by atoms with Crippen molar-refractivity contribution in [2.45, 2.75) is 20.0 Å². The first-order valence-electron chi connectivity index (χ1n) is 8.87. The normalized spacial score (nSPS) is 12.0. The summed E-state index contributed by atoms with van der Waals surface area (Å²) in [6.07, 6.45) is -0.417. The number of nitrogens with zero attached hydrogens (tertiary/aromatic N) is 2. The van der Waals surface area contributed by atoms with Gasteiger partial charge in [-0.05, 0) is 37.6 Å². The summed E-state index contributed by atoms with van der Waals surface area (Å²) < 4.78 is 43.6. The molecule has 10 nitrogen and oxygen atoms in total. The zero-order valence-electron chi connectivity index (χ0n) is 16.9. The molecule has 0 aromatic heterocycles. The third-order valence-corrected chi connectivity index (χ3v) is 5.27. The molecule has 12 heteroatoms. The lowest BCUT2D eigenvalue weighted by molar-refractivity contribution is -0.387. The van der Waals surface area contributed by atoms with Gasteiger partial charge in [0.25, 0.3) is 5.91 Å². The Hall–Kier alpha value is -3.54. The minimum atomic E-state index is -3.82. The zero-order chi connectivity index (χ0) is 23.3. The van der Waals surface area contributed by atoms with Crippen molar-refractivity contribution in [2.24, 2.45) is 0 Å². The molecule has 0 heterocycles. The number of halogens is 1. The molecule has 1 unspecified atom stereocenters. The number of nitrogens with one attached hydrogen (secondary N) is 1. The number of amides is 1. The van der Waals surface area contributed by atoms with Crippen LogP contribution in [0.3, 0.4) is 0 Å². The second-order valence-corrected chi connectivity index (χ2v) is 8.51. The number of carbonyl (C=O) groups excluding carboxylic acids is 2. The van der Waals surface area contributed by atoms with E-state index in [0.29, 0.717) is 5.56 Å². The van der Waals surface area contributed by atoms with Gasteiger partial charge in [-0.2, -0.15) is 4.39 Å². The standard InChI is InChI=1S/C19H20FN3O7S/c1-12-6-4-5-7-16(12)22(31(3,28)29)11-18(24)30-13(2)19(25)21-14-8-9-15(20)17(10-14)23(26)27/h4-10,13H,11H2,1-3H3,(H,21,25). The van der Waals surface area contributed by atoms with E-state index in [2.05, 4.69) is 5.32 Å². The molecule has 0 saturated heterocycles. The number of benzene rings is 2. The summed E-state index contributed by atoms with van der Waals surface area (Å²) in [6.45, 7) is 2.25. The lowest BCUT2D eigenvalue weighted by Gasteiger charge is -2.24. The van der Waals surface area contributed by atoms with E-state index in [1.165, 1.54) is 13.0 Å². The maximum atomic E-state index is 13.4. The highest BCUT2D eigenvalue weighted by molar-refractivity contribution is 7.92. The van der Waals surface area contributed by atoms with Crippen LogP contribution in [0.4, 0.5) is 21.5 Å². The molecule has 166 valence electrons. The maximum absolute atomic E-state index is 13.4. The number of ether oxygens (including phenoxy) is 1. The maximum Gasteiger partial charge on any atom is 0.327 e. The monoisotopic (exact) mass is 453 g/mol. The third kappa shape index (κ3) is 6.22. The number of hydrogen-bond donors (Lipinski definition) is 1. The molecular weight excluding hydrogens is 433 g/mol. The number of rotatable bonds is 8. The Balaban J connectivity index is 2.09. The summed E-state index contributed by atoms with van der Waals surface area (Å²) in [5, 5.41) is 13.1. The van der Waals surface area contributed by atoms with Gasteiger partial charge in [0.2, 0.25) is 15.8 Å². The number of para-hydroxylation sites is 1. The lowest BCUT2D eigenvalue weighted by Crippen LogP contribution is -2.39. The van der Waals surface area contributed by atoms with E-state index in [1.54, 1.807) is 25.1 Å². The summed E-state index contributed by atoms with van der Waals surface area (Å²) >= 11 is 0. The van der Waals surface area contributed by atoms with Crippen molar-refractivity contribution < 1.29 is 32.1 Å². The molecule has 2 aromatic rings. The van der Waals surface area contributed by atoms with Gasteiger partial charge in [-0.1, -0.05) is 18.2 Å². The van der Waals surface area contributed by atoms with Crippen LogP contribution in [0, 0.1) is 22.9 Å². The smallest absolute Gasteiger partial charge is 0.327 e. The number of esters is 1. The number of anilines is 2. The van der Waals surface area contributed by atoms with Crippen molar-refractivity contribution in [3.63, 3.8) is 0 Å². The summed E-state index contributed by atoms with van der Waals surface area (Å²) in [5.41, 5.74) is 0.00485. The fourth-order valence-corrected chi connectivity index (χ4v) is 3.51. The molecule has 0 aliphatic heterocycles. The Labute approximate surface area is 177 Å². The van der Waals surface area contributed by atoms with E-state index in [-0.39, 0.29) is 11.4 Å². The van der Waals surface area contributed by atoms with Crippen molar-refractivity contribution >= 4 is 39.0 Å². The number of carbonyl (C=O) groups is 2. The number of nitro benzene ring substituents is 1. The van der Waals surface area contributed by atoms with Gasteiger partial charge in [-0.25, -0.2) is 8.42 Å². The molecular formula is C19H20FN3O7S. The number of sulfonamides is 1. The molecule has 1 atom stereocenters. The first-order valence-corrected chi connectivity index (χ1v) is 10.7. The van der Waals surface area contributed by atoms with Crippen LogP contribution < -0.4 is 9.62 Å². The van der Waals surface area contributed by atoms with E-state index in [0.717, 1.165) is 28.8 Å². The van der Waals surface area contributed by atoms with Crippen molar-refractivity contribution in [1.82, 2.24) is 0 Å². The van der Waals surface area contributed by atoms with E-state index in [9.17, 15) is 32.5 Å². The van der Waals surface area contributed by atoms with E-state index in [1.807, 2.05) is 0 Å². The van der Waals surface area contributed by atoms with Crippen molar-refractivity contribution in [3.8, 4) is 0 Å². The SMILES string of the molecule is Cc1ccccc1N(CC(=O)OC(C)C(=O)Nc1ccc(F)c([N+](=O)[O-])c1)S(C)(=O)=O. The molecule has 0 aliphatic rings. The van der Waals surface area contributed by atoms with Crippen LogP contribution in [-0.4, -0.2) is 44.1 Å². The summed E-state index contributed by atoms with van der Waals surface area (Å²) in [7, 11) is -3.82. The highest BCUT2D eigenvalue weighted by Crippen LogP contribution is 2.23. The molecule has 0 spiro atoms. The zero-order valence-corrected chi connectivity index (χ0v) is 17.7. The van der Waals surface area contributed by atoms with Crippen LogP contribution in [-0.2, 0) is 24.3 Å². The Kier molecular flexibility index (Phi) is 7.28. The highest BCUT2D eigenvalue weighted by Gasteiger charge is 2.26. The van der Waals surface area contributed by atoms with Gasteiger partial charge in [-0.15, -0.1) is 0 Å². The number of hydrogen-bond acceptors (Lipinski definition) is 7.